The maximum absolute atomic E-state index is 12.2. The monoisotopic (exact) mass is 304 g/mol. The SMILES string of the molecule is CCCCCNC(=O)c1ccnc(N2CCCCC2CC)n1. The molecule has 2 heterocycles. The Bertz CT molecular complexity index is 477. The first-order chi connectivity index (χ1) is 10.8. The van der Waals surface area contributed by atoms with Crippen LogP contribution in [0.2, 0.25) is 0 Å². The van der Waals surface area contributed by atoms with Crippen LogP contribution in [0.3, 0.4) is 0 Å². The molecule has 1 atom stereocenters. The third kappa shape index (κ3) is 4.42. The summed E-state index contributed by atoms with van der Waals surface area (Å²) in [4.78, 5) is 23.3. The van der Waals surface area contributed by atoms with E-state index in [2.05, 4.69) is 34.0 Å². The molecule has 0 spiro atoms. The molecule has 1 unspecified atom stereocenters. The van der Waals surface area contributed by atoms with Crippen LogP contribution in [0.4, 0.5) is 5.95 Å². The van der Waals surface area contributed by atoms with Gasteiger partial charge in [0.15, 0.2) is 0 Å². The van der Waals surface area contributed by atoms with Crippen LogP contribution in [-0.4, -0.2) is 35.0 Å². The van der Waals surface area contributed by atoms with Gasteiger partial charge >= 0.3 is 0 Å². The average molecular weight is 304 g/mol. The van der Waals surface area contributed by atoms with E-state index in [9.17, 15) is 4.79 Å². The molecule has 1 fully saturated rings. The number of hydrogen-bond acceptors (Lipinski definition) is 4. The predicted molar refractivity (Wildman–Crippen MR) is 89.2 cm³/mol. The number of nitrogens with one attached hydrogen (secondary N) is 1. The predicted octanol–water partition coefficient (Wildman–Crippen LogP) is 3.17. The van der Waals surface area contributed by atoms with Gasteiger partial charge in [-0.05, 0) is 38.2 Å². The van der Waals surface area contributed by atoms with E-state index in [-0.39, 0.29) is 5.91 Å². The van der Waals surface area contributed by atoms with Crippen molar-refractivity contribution >= 4 is 11.9 Å². The Hall–Kier alpha value is -1.65. The molecule has 2 rings (SSSR count). The minimum Gasteiger partial charge on any atom is -0.351 e. The van der Waals surface area contributed by atoms with Gasteiger partial charge in [0.05, 0.1) is 0 Å². The normalized spacial score (nSPS) is 18.3. The third-order valence-electron chi connectivity index (χ3n) is 4.30. The van der Waals surface area contributed by atoms with Gasteiger partial charge in [0, 0.05) is 25.3 Å². The van der Waals surface area contributed by atoms with Gasteiger partial charge in [0.1, 0.15) is 5.69 Å². The summed E-state index contributed by atoms with van der Waals surface area (Å²) >= 11 is 0. The second-order valence-corrected chi connectivity index (χ2v) is 5.96. The highest BCUT2D eigenvalue weighted by Gasteiger charge is 2.23. The van der Waals surface area contributed by atoms with Gasteiger partial charge < -0.3 is 10.2 Å². The molecule has 0 radical (unpaired) electrons. The number of rotatable bonds is 7. The number of piperidine rings is 1. The van der Waals surface area contributed by atoms with E-state index in [4.69, 9.17) is 0 Å². The number of unbranched alkanes of at least 4 members (excludes halogenated alkanes) is 2. The summed E-state index contributed by atoms with van der Waals surface area (Å²) < 4.78 is 0. The summed E-state index contributed by atoms with van der Waals surface area (Å²) in [5.41, 5.74) is 0.474. The number of hydrogen-bond donors (Lipinski definition) is 1. The number of aromatic nitrogens is 2. The average Bonchev–Trinajstić information content (AvgIpc) is 2.58. The van der Waals surface area contributed by atoms with E-state index < -0.39 is 0 Å². The molecule has 1 aromatic rings. The van der Waals surface area contributed by atoms with E-state index in [0.717, 1.165) is 32.2 Å². The van der Waals surface area contributed by atoms with Gasteiger partial charge in [-0.1, -0.05) is 26.7 Å². The van der Waals surface area contributed by atoms with Crippen molar-refractivity contribution < 1.29 is 4.79 Å². The molecule has 1 aliphatic heterocycles. The largest absolute Gasteiger partial charge is 0.351 e. The quantitative estimate of drug-likeness (QED) is 0.786. The maximum atomic E-state index is 12.2. The minimum absolute atomic E-state index is 0.0928. The molecule has 22 heavy (non-hydrogen) atoms. The molecule has 1 aromatic heterocycles. The molecule has 5 heteroatoms. The zero-order valence-electron chi connectivity index (χ0n) is 13.8. The van der Waals surface area contributed by atoms with Gasteiger partial charge in [0.25, 0.3) is 5.91 Å². The molecule has 0 saturated carbocycles. The van der Waals surface area contributed by atoms with Crippen molar-refractivity contribution in [1.82, 2.24) is 15.3 Å². The van der Waals surface area contributed by atoms with E-state index >= 15 is 0 Å². The Labute approximate surface area is 133 Å². The van der Waals surface area contributed by atoms with E-state index in [1.807, 2.05) is 0 Å². The molecule has 1 aliphatic rings. The number of amides is 1. The number of nitrogens with zero attached hydrogens (tertiary/aromatic N) is 3. The van der Waals surface area contributed by atoms with Crippen LogP contribution in [0.15, 0.2) is 12.3 Å². The number of anilines is 1. The summed E-state index contributed by atoms with van der Waals surface area (Å²) in [6, 6.07) is 2.19. The molecule has 1 N–H and O–H groups in total. The van der Waals surface area contributed by atoms with Gasteiger partial charge in [-0.25, -0.2) is 9.97 Å². The van der Waals surface area contributed by atoms with E-state index in [0.29, 0.717) is 24.2 Å². The summed E-state index contributed by atoms with van der Waals surface area (Å²) in [5, 5.41) is 2.94. The lowest BCUT2D eigenvalue weighted by atomic mass is 10.0. The molecule has 0 aromatic carbocycles. The highest BCUT2D eigenvalue weighted by Crippen LogP contribution is 2.23. The molecular formula is C17H28N4O. The number of carbonyl (C=O) groups is 1. The summed E-state index contributed by atoms with van der Waals surface area (Å²) in [6.07, 6.45) is 9.74. The fraction of sp³-hybridized carbons (Fsp3) is 0.706. The minimum atomic E-state index is -0.0928. The third-order valence-corrected chi connectivity index (χ3v) is 4.30. The Morgan fingerprint density at radius 1 is 1.36 bits per heavy atom. The topological polar surface area (TPSA) is 58.1 Å². The van der Waals surface area contributed by atoms with Crippen LogP contribution in [-0.2, 0) is 0 Å². The van der Waals surface area contributed by atoms with Crippen LogP contribution in [0.5, 0.6) is 0 Å². The van der Waals surface area contributed by atoms with Crippen molar-refractivity contribution in [2.75, 3.05) is 18.0 Å². The summed E-state index contributed by atoms with van der Waals surface area (Å²) in [6.45, 7) is 6.06. The zero-order chi connectivity index (χ0) is 15.8. The smallest absolute Gasteiger partial charge is 0.270 e. The van der Waals surface area contributed by atoms with Gasteiger partial charge in [-0.2, -0.15) is 0 Å². The van der Waals surface area contributed by atoms with Crippen LogP contribution < -0.4 is 10.2 Å². The van der Waals surface area contributed by atoms with Crippen LogP contribution >= 0.6 is 0 Å². The Morgan fingerprint density at radius 3 is 3.00 bits per heavy atom. The van der Waals surface area contributed by atoms with Crippen molar-refractivity contribution in [1.29, 1.82) is 0 Å². The molecule has 5 nitrogen and oxygen atoms in total. The Balaban J connectivity index is 2.01. The maximum Gasteiger partial charge on any atom is 0.270 e. The van der Waals surface area contributed by atoms with Crippen molar-refractivity contribution in [3.05, 3.63) is 18.0 Å². The van der Waals surface area contributed by atoms with E-state index in [1.54, 1.807) is 12.3 Å². The first-order valence-electron chi connectivity index (χ1n) is 8.64. The van der Waals surface area contributed by atoms with Crippen molar-refractivity contribution in [3.8, 4) is 0 Å². The lowest BCUT2D eigenvalue weighted by molar-refractivity contribution is 0.0948. The zero-order valence-corrected chi connectivity index (χ0v) is 13.8. The van der Waals surface area contributed by atoms with Crippen LogP contribution in [0.25, 0.3) is 0 Å². The van der Waals surface area contributed by atoms with Crippen molar-refractivity contribution in [3.63, 3.8) is 0 Å². The van der Waals surface area contributed by atoms with E-state index in [1.165, 1.54) is 19.3 Å². The summed E-state index contributed by atoms with van der Waals surface area (Å²) in [7, 11) is 0. The summed E-state index contributed by atoms with van der Waals surface area (Å²) in [5.74, 6) is 0.609. The molecule has 122 valence electrons. The second kappa shape index (κ2) is 8.71. The second-order valence-electron chi connectivity index (χ2n) is 5.96. The molecule has 1 saturated heterocycles. The Kier molecular flexibility index (Phi) is 6.62. The molecular weight excluding hydrogens is 276 g/mol. The first-order valence-corrected chi connectivity index (χ1v) is 8.64. The molecule has 0 aliphatic carbocycles. The fourth-order valence-electron chi connectivity index (χ4n) is 2.97. The fourth-order valence-corrected chi connectivity index (χ4v) is 2.97. The lowest BCUT2D eigenvalue weighted by Gasteiger charge is -2.35. The number of carbonyl (C=O) groups excluding carboxylic acids is 1. The molecule has 0 bridgehead atoms. The first kappa shape index (κ1) is 16.7. The van der Waals surface area contributed by atoms with Crippen LogP contribution in [0, 0.1) is 0 Å². The van der Waals surface area contributed by atoms with Crippen molar-refractivity contribution in [2.24, 2.45) is 0 Å². The lowest BCUT2D eigenvalue weighted by Crippen LogP contribution is -2.40. The standard InChI is InChI=1S/C17H28N4O/c1-3-5-7-11-18-16(22)15-10-12-19-17(20-15)21-13-8-6-9-14(21)4-2/h10,12,14H,3-9,11,13H2,1-2H3,(H,18,22). The van der Waals surface area contributed by atoms with Gasteiger partial charge in [0.2, 0.25) is 5.95 Å². The highest BCUT2D eigenvalue weighted by molar-refractivity contribution is 5.92. The van der Waals surface area contributed by atoms with Crippen LogP contribution in [0.1, 0.15) is 69.3 Å². The van der Waals surface area contributed by atoms with Crippen molar-refractivity contribution in [2.45, 2.75) is 64.8 Å². The molecule has 1 amide bonds. The highest BCUT2D eigenvalue weighted by atomic mass is 16.1. The van der Waals surface area contributed by atoms with Gasteiger partial charge in [-0.15, -0.1) is 0 Å². The van der Waals surface area contributed by atoms with Gasteiger partial charge in [-0.3, -0.25) is 4.79 Å². The Morgan fingerprint density at radius 2 is 2.23 bits per heavy atom.